The molecule has 0 unspecified atom stereocenters. The van der Waals surface area contributed by atoms with E-state index in [2.05, 4.69) is 5.32 Å². The molecule has 22 heavy (non-hydrogen) atoms. The second-order valence-corrected chi connectivity index (χ2v) is 5.99. The average Bonchev–Trinajstić information content (AvgIpc) is 2.50. The van der Waals surface area contributed by atoms with Crippen molar-refractivity contribution in [1.29, 1.82) is 0 Å². The molecule has 1 amide bonds. The standard InChI is InChI=1S/C18H27NO3/c1-14(22-17-12-10-16(21-2)11-13-17)18(20)19-15-8-6-4-3-5-7-9-15/h10-15H,3-9H2,1-2H3,(H,19,20)/t14-/m0/s1. The van der Waals surface area contributed by atoms with Crippen molar-refractivity contribution in [3.8, 4) is 11.5 Å². The van der Waals surface area contributed by atoms with Crippen LogP contribution in [0.3, 0.4) is 0 Å². The lowest BCUT2D eigenvalue weighted by molar-refractivity contribution is -0.128. The van der Waals surface area contributed by atoms with Crippen LogP contribution in [-0.4, -0.2) is 25.2 Å². The maximum Gasteiger partial charge on any atom is 0.260 e. The van der Waals surface area contributed by atoms with Crippen LogP contribution >= 0.6 is 0 Å². The molecule has 0 bridgehead atoms. The minimum absolute atomic E-state index is 0.0265. The van der Waals surface area contributed by atoms with E-state index in [1.807, 2.05) is 24.3 Å². The van der Waals surface area contributed by atoms with Gasteiger partial charge in [0.25, 0.3) is 5.91 Å². The Balaban J connectivity index is 1.82. The first kappa shape index (κ1) is 16.7. The Hall–Kier alpha value is -1.71. The van der Waals surface area contributed by atoms with E-state index in [1.165, 1.54) is 32.1 Å². The molecule has 0 aromatic heterocycles. The number of carbonyl (C=O) groups excluding carboxylic acids is 1. The number of nitrogens with one attached hydrogen (secondary N) is 1. The van der Waals surface area contributed by atoms with Gasteiger partial charge in [-0.05, 0) is 44.0 Å². The maximum absolute atomic E-state index is 12.3. The van der Waals surface area contributed by atoms with Crippen LogP contribution in [0.4, 0.5) is 0 Å². The molecule has 122 valence electrons. The smallest absolute Gasteiger partial charge is 0.260 e. The summed E-state index contributed by atoms with van der Waals surface area (Å²) in [6.45, 7) is 1.79. The molecule has 1 N–H and O–H groups in total. The molecule has 1 aliphatic carbocycles. The highest BCUT2D eigenvalue weighted by molar-refractivity contribution is 5.81. The first-order valence-electron chi connectivity index (χ1n) is 8.30. The highest BCUT2D eigenvalue weighted by Crippen LogP contribution is 2.19. The Morgan fingerprint density at radius 2 is 1.59 bits per heavy atom. The molecule has 4 heteroatoms. The van der Waals surface area contributed by atoms with E-state index >= 15 is 0 Å². The minimum atomic E-state index is -0.487. The Labute approximate surface area is 133 Å². The maximum atomic E-state index is 12.3. The van der Waals surface area contributed by atoms with E-state index in [0.717, 1.165) is 18.6 Å². The van der Waals surface area contributed by atoms with Gasteiger partial charge >= 0.3 is 0 Å². The third-order valence-electron chi connectivity index (χ3n) is 4.19. The molecular formula is C18H27NO3. The molecule has 1 fully saturated rings. The molecule has 0 spiro atoms. The van der Waals surface area contributed by atoms with Gasteiger partial charge in [0.05, 0.1) is 7.11 Å². The number of methoxy groups -OCH3 is 1. The van der Waals surface area contributed by atoms with Gasteiger partial charge in [-0.2, -0.15) is 0 Å². The highest BCUT2D eigenvalue weighted by Gasteiger charge is 2.19. The molecule has 1 aliphatic rings. The second kappa shape index (κ2) is 8.66. The summed E-state index contributed by atoms with van der Waals surface area (Å²) < 4.78 is 10.8. The van der Waals surface area contributed by atoms with E-state index in [1.54, 1.807) is 14.0 Å². The van der Waals surface area contributed by atoms with Crippen LogP contribution < -0.4 is 14.8 Å². The van der Waals surface area contributed by atoms with E-state index in [4.69, 9.17) is 9.47 Å². The second-order valence-electron chi connectivity index (χ2n) is 5.99. The SMILES string of the molecule is COc1ccc(O[C@@H](C)C(=O)NC2CCCCCCC2)cc1. The van der Waals surface area contributed by atoms with Gasteiger partial charge in [0.2, 0.25) is 0 Å². The van der Waals surface area contributed by atoms with E-state index < -0.39 is 6.10 Å². The normalized spacial score (nSPS) is 17.9. The van der Waals surface area contributed by atoms with Crippen molar-refractivity contribution in [3.63, 3.8) is 0 Å². The third-order valence-corrected chi connectivity index (χ3v) is 4.19. The zero-order valence-electron chi connectivity index (χ0n) is 13.6. The minimum Gasteiger partial charge on any atom is -0.497 e. The summed E-state index contributed by atoms with van der Waals surface area (Å²) in [4.78, 5) is 12.3. The molecule has 2 rings (SSSR count). The fourth-order valence-electron chi connectivity index (χ4n) is 2.83. The van der Waals surface area contributed by atoms with Crippen LogP contribution in [0, 0.1) is 0 Å². The summed E-state index contributed by atoms with van der Waals surface area (Å²) >= 11 is 0. The third kappa shape index (κ3) is 5.24. The molecule has 0 heterocycles. The van der Waals surface area contributed by atoms with Gasteiger partial charge in [-0.25, -0.2) is 0 Å². The van der Waals surface area contributed by atoms with Gasteiger partial charge in [0, 0.05) is 6.04 Å². The van der Waals surface area contributed by atoms with Gasteiger partial charge in [-0.3, -0.25) is 4.79 Å². The molecule has 1 atom stereocenters. The van der Waals surface area contributed by atoms with Crippen molar-refractivity contribution in [1.82, 2.24) is 5.32 Å². The summed E-state index contributed by atoms with van der Waals surface area (Å²) in [5, 5.41) is 3.14. The molecular weight excluding hydrogens is 278 g/mol. The molecule has 1 saturated carbocycles. The first-order valence-corrected chi connectivity index (χ1v) is 8.30. The zero-order chi connectivity index (χ0) is 15.8. The van der Waals surface area contributed by atoms with Crippen LogP contribution in [0.1, 0.15) is 51.9 Å². The van der Waals surface area contributed by atoms with Crippen molar-refractivity contribution < 1.29 is 14.3 Å². The van der Waals surface area contributed by atoms with E-state index in [-0.39, 0.29) is 5.91 Å². The average molecular weight is 305 g/mol. The molecule has 1 aromatic rings. The van der Waals surface area contributed by atoms with Crippen molar-refractivity contribution >= 4 is 5.91 Å². The topological polar surface area (TPSA) is 47.6 Å². The number of hydrogen-bond donors (Lipinski definition) is 1. The highest BCUT2D eigenvalue weighted by atomic mass is 16.5. The van der Waals surface area contributed by atoms with Gasteiger partial charge in [-0.1, -0.05) is 32.1 Å². The predicted molar refractivity (Wildman–Crippen MR) is 87.3 cm³/mol. The summed E-state index contributed by atoms with van der Waals surface area (Å²) in [7, 11) is 1.63. The van der Waals surface area contributed by atoms with E-state index in [0.29, 0.717) is 11.8 Å². The lowest BCUT2D eigenvalue weighted by Crippen LogP contribution is -2.42. The molecule has 0 aliphatic heterocycles. The number of benzene rings is 1. The predicted octanol–water partition coefficient (Wildman–Crippen LogP) is 3.69. The van der Waals surface area contributed by atoms with Crippen molar-refractivity contribution in [2.75, 3.05) is 7.11 Å². The summed E-state index contributed by atoms with van der Waals surface area (Å²) in [6, 6.07) is 7.59. The Morgan fingerprint density at radius 1 is 1.05 bits per heavy atom. The summed E-state index contributed by atoms with van der Waals surface area (Å²) in [5.41, 5.74) is 0. The first-order chi connectivity index (χ1) is 10.7. The van der Waals surface area contributed by atoms with Crippen molar-refractivity contribution in [2.24, 2.45) is 0 Å². The number of carbonyl (C=O) groups is 1. The van der Waals surface area contributed by atoms with Gasteiger partial charge in [0.1, 0.15) is 11.5 Å². The molecule has 4 nitrogen and oxygen atoms in total. The van der Waals surface area contributed by atoms with E-state index in [9.17, 15) is 4.79 Å². The number of rotatable bonds is 5. The van der Waals surface area contributed by atoms with Crippen molar-refractivity contribution in [3.05, 3.63) is 24.3 Å². The van der Waals surface area contributed by atoms with Crippen LogP contribution in [0.5, 0.6) is 11.5 Å². The Bertz CT molecular complexity index is 450. The van der Waals surface area contributed by atoms with Crippen LogP contribution in [0.25, 0.3) is 0 Å². The molecule has 0 saturated heterocycles. The Kier molecular flexibility index (Phi) is 6.56. The van der Waals surface area contributed by atoms with Crippen LogP contribution in [0.15, 0.2) is 24.3 Å². The van der Waals surface area contributed by atoms with Crippen LogP contribution in [0.2, 0.25) is 0 Å². The number of hydrogen-bond acceptors (Lipinski definition) is 3. The number of amides is 1. The van der Waals surface area contributed by atoms with Crippen molar-refractivity contribution in [2.45, 2.75) is 64.0 Å². The van der Waals surface area contributed by atoms with Gasteiger partial charge in [-0.15, -0.1) is 0 Å². The molecule has 0 radical (unpaired) electrons. The lowest BCUT2D eigenvalue weighted by atomic mass is 9.96. The van der Waals surface area contributed by atoms with Crippen LogP contribution in [-0.2, 0) is 4.79 Å². The summed E-state index contributed by atoms with van der Waals surface area (Å²) in [5.74, 6) is 1.43. The monoisotopic (exact) mass is 305 g/mol. The summed E-state index contributed by atoms with van der Waals surface area (Å²) in [6.07, 6.45) is 7.99. The number of ether oxygens (including phenoxy) is 2. The quantitative estimate of drug-likeness (QED) is 0.902. The molecule has 1 aromatic carbocycles. The fourth-order valence-corrected chi connectivity index (χ4v) is 2.83. The van der Waals surface area contributed by atoms with Gasteiger partial charge in [0.15, 0.2) is 6.10 Å². The van der Waals surface area contributed by atoms with Gasteiger partial charge < -0.3 is 14.8 Å². The Morgan fingerprint density at radius 3 is 2.18 bits per heavy atom. The lowest BCUT2D eigenvalue weighted by Gasteiger charge is -2.23. The fraction of sp³-hybridized carbons (Fsp3) is 0.611. The largest absolute Gasteiger partial charge is 0.497 e. The zero-order valence-corrected chi connectivity index (χ0v) is 13.6.